The zero-order valence-electron chi connectivity index (χ0n) is 15.2. The van der Waals surface area contributed by atoms with Crippen LogP contribution in [-0.2, 0) is 22.3 Å². The Kier molecular flexibility index (Phi) is 5.59. The number of hydrogen-bond acceptors (Lipinski definition) is 4. The molecule has 152 valence electrons. The fourth-order valence-electron chi connectivity index (χ4n) is 3.63. The zero-order valence-corrected chi connectivity index (χ0v) is 15.2. The Morgan fingerprint density at radius 1 is 1.32 bits per heavy atom. The summed E-state index contributed by atoms with van der Waals surface area (Å²) in [4.78, 5) is 25.8. The van der Waals surface area contributed by atoms with Crippen LogP contribution in [0, 0.1) is 12.8 Å². The maximum absolute atomic E-state index is 13.0. The topological polar surface area (TPSA) is 87.5 Å². The highest BCUT2D eigenvalue weighted by molar-refractivity contribution is 5.93. The quantitative estimate of drug-likeness (QED) is 0.810. The highest BCUT2D eigenvalue weighted by atomic mass is 19.4. The molecule has 3 rings (SSSR count). The number of halogens is 3. The smallest absolute Gasteiger partial charge is 0.435 e. The van der Waals surface area contributed by atoms with Crippen LogP contribution in [0.2, 0.25) is 0 Å². The Hall–Kier alpha value is -2.62. The molecule has 0 bridgehead atoms. The molecule has 1 aromatic heterocycles. The number of hydrogen-bond donors (Lipinski definition) is 2. The van der Waals surface area contributed by atoms with Gasteiger partial charge in [0.05, 0.1) is 6.04 Å². The van der Waals surface area contributed by atoms with Crippen molar-refractivity contribution in [2.45, 2.75) is 38.5 Å². The molecule has 1 atom stereocenters. The van der Waals surface area contributed by atoms with Crippen molar-refractivity contribution in [2.75, 3.05) is 13.1 Å². The molecule has 1 fully saturated rings. The van der Waals surface area contributed by atoms with Crippen molar-refractivity contribution in [3.63, 3.8) is 0 Å². The molecule has 2 N–H and O–H groups in total. The Balaban J connectivity index is 1.87. The van der Waals surface area contributed by atoms with E-state index in [9.17, 15) is 27.9 Å². The molecule has 3 heterocycles. The van der Waals surface area contributed by atoms with E-state index in [0.29, 0.717) is 0 Å². The SMILES string of the molecule is Cc1cc(C(F)(F)F)nn1CC(=O)N1C(C(=O)O)=CC=CC1C1CCNCC1. The maximum Gasteiger partial charge on any atom is 0.435 e. The van der Waals surface area contributed by atoms with E-state index in [2.05, 4.69) is 10.4 Å². The molecule has 1 amide bonds. The second-order valence-electron chi connectivity index (χ2n) is 6.91. The number of rotatable bonds is 4. The lowest BCUT2D eigenvalue weighted by molar-refractivity contribution is -0.143. The number of aliphatic carboxylic acids is 1. The number of carboxylic acid groups (broad SMARTS) is 1. The van der Waals surface area contributed by atoms with E-state index < -0.39 is 36.3 Å². The number of nitrogens with one attached hydrogen (secondary N) is 1. The van der Waals surface area contributed by atoms with Crippen LogP contribution >= 0.6 is 0 Å². The van der Waals surface area contributed by atoms with Gasteiger partial charge in [-0.05, 0) is 50.9 Å². The van der Waals surface area contributed by atoms with Gasteiger partial charge in [0, 0.05) is 5.69 Å². The Morgan fingerprint density at radius 2 is 2.00 bits per heavy atom. The molecule has 2 aliphatic heterocycles. The maximum atomic E-state index is 13.0. The third kappa shape index (κ3) is 4.11. The standard InChI is InChI=1S/C18H21F3N4O3/c1-11-9-15(18(19,20)21)23-24(11)10-16(26)25-13(12-5-7-22-8-6-12)3-2-4-14(25)17(27)28/h2-4,9,12-13,22H,5-8,10H2,1H3,(H,27,28). The second kappa shape index (κ2) is 7.78. The van der Waals surface area contributed by atoms with Gasteiger partial charge in [-0.3, -0.25) is 14.4 Å². The molecular weight excluding hydrogens is 377 g/mol. The van der Waals surface area contributed by atoms with Crippen LogP contribution in [0.25, 0.3) is 0 Å². The van der Waals surface area contributed by atoms with E-state index in [1.807, 2.05) is 0 Å². The molecule has 1 unspecified atom stereocenters. The number of carboxylic acids is 1. The average molecular weight is 398 g/mol. The van der Waals surface area contributed by atoms with E-state index in [1.165, 1.54) is 17.9 Å². The summed E-state index contributed by atoms with van der Waals surface area (Å²) in [6.45, 7) is 2.47. The summed E-state index contributed by atoms with van der Waals surface area (Å²) in [5.74, 6) is -1.81. The second-order valence-corrected chi connectivity index (χ2v) is 6.91. The third-order valence-corrected chi connectivity index (χ3v) is 5.03. The lowest BCUT2D eigenvalue weighted by Crippen LogP contribution is -2.49. The van der Waals surface area contributed by atoms with Gasteiger partial charge >= 0.3 is 12.1 Å². The minimum atomic E-state index is -4.61. The first-order valence-electron chi connectivity index (χ1n) is 8.94. The van der Waals surface area contributed by atoms with Gasteiger partial charge in [-0.15, -0.1) is 0 Å². The van der Waals surface area contributed by atoms with Crippen molar-refractivity contribution in [3.8, 4) is 0 Å². The number of piperidine rings is 1. The van der Waals surface area contributed by atoms with E-state index in [1.54, 1.807) is 12.2 Å². The van der Waals surface area contributed by atoms with Crippen LogP contribution in [0.5, 0.6) is 0 Å². The number of nitrogens with zero attached hydrogens (tertiary/aromatic N) is 3. The summed E-state index contributed by atoms with van der Waals surface area (Å²) in [5.41, 5.74) is -1.09. The fraction of sp³-hybridized carbons (Fsp3) is 0.500. The largest absolute Gasteiger partial charge is 0.477 e. The summed E-state index contributed by atoms with van der Waals surface area (Å²) in [5, 5.41) is 16.2. The van der Waals surface area contributed by atoms with E-state index >= 15 is 0 Å². The predicted octanol–water partition coefficient (Wildman–Crippen LogP) is 1.95. The number of aryl methyl sites for hydroxylation is 1. The molecule has 1 aromatic rings. The molecule has 0 aliphatic carbocycles. The summed E-state index contributed by atoms with van der Waals surface area (Å²) < 4.78 is 39.6. The first-order valence-corrected chi connectivity index (χ1v) is 8.94. The highest BCUT2D eigenvalue weighted by Crippen LogP contribution is 2.30. The average Bonchev–Trinajstić information content (AvgIpc) is 3.02. The number of alkyl halides is 3. The minimum Gasteiger partial charge on any atom is -0.477 e. The molecule has 0 saturated carbocycles. The molecule has 0 radical (unpaired) electrons. The molecule has 28 heavy (non-hydrogen) atoms. The van der Waals surface area contributed by atoms with Gasteiger partial charge < -0.3 is 10.4 Å². The zero-order chi connectivity index (χ0) is 20.5. The summed E-state index contributed by atoms with van der Waals surface area (Å²) in [6, 6.07) is 0.408. The number of amides is 1. The molecule has 1 saturated heterocycles. The van der Waals surface area contributed by atoms with Gasteiger partial charge in [-0.25, -0.2) is 4.79 Å². The fourth-order valence-corrected chi connectivity index (χ4v) is 3.63. The predicted molar refractivity (Wildman–Crippen MR) is 93.1 cm³/mol. The van der Waals surface area contributed by atoms with Crippen LogP contribution in [0.4, 0.5) is 13.2 Å². The Morgan fingerprint density at radius 3 is 2.57 bits per heavy atom. The van der Waals surface area contributed by atoms with Crippen LogP contribution < -0.4 is 5.32 Å². The Bertz CT molecular complexity index is 823. The van der Waals surface area contributed by atoms with Gasteiger partial charge in [-0.1, -0.05) is 12.2 Å². The van der Waals surface area contributed by atoms with E-state index in [0.717, 1.165) is 36.7 Å². The first-order chi connectivity index (χ1) is 13.2. The molecular formula is C18H21F3N4O3. The van der Waals surface area contributed by atoms with Gasteiger partial charge in [-0.2, -0.15) is 18.3 Å². The summed E-state index contributed by atoms with van der Waals surface area (Å²) in [7, 11) is 0. The molecule has 0 aromatic carbocycles. The molecule has 10 heteroatoms. The van der Waals surface area contributed by atoms with Crippen LogP contribution in [0.3, 0.4) is 0 Å². The lowest BCUT2D eigenvalue weighted by Gasteiger charge is -2.38. The normalized spacial score (nSPS) is 20.9. The number of carbonyl (C=O) groups is 2. The monoisotopic (exact) mass is 398 g/mol. The van der Waals surface area contributed by atoms with Crippen molar-refractivity contribution in [1.29, 1.82) is 0 Å². The summed E-state index contributed by atoms with van der Waals surface area (Å²) >= 11 is 0. The van der Waals surface area contributed by atoms with Crippen molar-refractivity contribution >= 4 is 11.9 Å². The van der Waals surface area contributed by atoms with E-state index in [4.69, 9.17) is 0 Å². The van der Waals surface area contributed by atoms with Crippen LogP contribution in [-0.4, -0.2) is 50.8 Å². The minimum absolute atomic E-state index is 0.0638. The molecule has 2 aliphatic rings. The van der Waals surface area contributed by atoms with Gasteiger partial charge in [0.2, 0.25) is 5.91 Å². The number of aromatic nitrogens is 2. The number of carbonyl (C=O) groups excluding carboxylic acids is 1. The van der Waals surface area contributed by atoms with Gasteiger partial charge in [0.1, 0.15) is 12.2 Å². The van der Waals surface area contributed by atoms with Crippen LogP contribution in [0.15, 0.2) is 30.0 Å². The first kappa shape index (κ1) is 20.1. The van der Waals surface area contributed by atoms with Crippen molar-refractivity contribution in [2.24, 2.45) is 5.92 Å². The van der Waals surface area contributed by atoms with Crippen molar-refractivity contribution in [3.05, 3.63) is 41.4 Å². The van der Waals surface area contributed by atoms with Crippen molar-refractivity contribution < 1.29 is 27.9 Å². The van der Waals surface area contributed by atoms with Gasteiger partial charge in [0.25, 0.3) is 0 Å². The van der Waals surface area contributed by atoms with Gasteiger partial charge in [0.15, 0.2) is 5.69 Å². The lowest BCUT2D eigenvalue weighted by atomic mass is 9.87. The summed E-state index contributed by atoms with van der Waals surface area (Å²) in [6.07, 6.45) is 1.64. The highest BCUT2D eigenvalue weighted by Gasteiger charge is 2.37. The number of allylic oxidation sites excluding steroid dienone is 2. The van der Waals surface area contributed by atoms with Crippen molar-refractivity contribution in [1.82, 2.24) is 20.0 Å². The third-order valence-electron chi connectivity index (χ3n) is 5.03. The Labute approximate surface area is 159 Å². The molecule has 7 nitrogen and oxygen atoms in total. The van der Waals surface area contributed by atoms with E-state index in [-0.39, 0.29) is 17.3 Å². The van der Waals surface area contributed by atoms with Crippen LogP contribution in [0.1, 0.15) is 24.2 Å². The molecule has 0 spiro atoms.